The molecule has 0 saturated heterocycles. The Morgan fingerprint density at radius 2 is 1.92 bits per heavy atom. The second-order valence-corrected chi connectivity index (χ2v) is 7.21. The van der Waals surface area contributed by atoms with E-state index in [9.17, 15) is 4.79 Å². The molecule has 0 radical (unpaired) electrons. The number of rotatable bonds is 7. The summed E-state index contributed by atoms with van der Waals surface area (Å²) in [5.74, 6) is 0.700. The Morgan fingerprint density at radius 1 is 1.16 bits per heavy atom. The molecule has 2 aromatic rings. The van der Waals surface area contributed by atoms with Crippen molar-refractivity contribution < 1.29 is 4.79 Å². The SMILES string of the molecule is CN=C(NCCc1cccc(C(=O)NC)c1)NCCc1ccc(Cl)s1. The number of hydrogen-bond donors (Lipinski definition) is 3. The van der Waals surface area contributed by atoms with Gasteiger partial charge >= 0.3 is 0 Å². The number of benzene rings is 1. The topological polar surface area (TPSA) is 65.5 Å². The van der Waals surface area contributed by atoms with E-state index in [4.69, 9.17) is 11.6 Å². The molecule has 0 aliphatic rings. The molecule has 25 heavy (non-hydrogen) atoms. The van der Waals surface area contributed by atoms with Gasteiger partial charge in [0.2, 0.25) is 0 Å². The maximum absolute atomic E-state index is 11.7. The Kier molecular flexibility index (Phi) is 7.76. The minimum absolute atomic E-state index is 0.0685. The van der Waals surface area contributed by atoms with Gasteiger partial charge in [-0.1, -0.05) is 23.7 Å². The number of aliphatic imine (C=N–C) groups is 1. The van der Waals surface area contributed by atoms with Gasteiger partial charge < -0.3 is 16.0 Å². The summed E-state index contributed by atoms with van der Waals surface area (Å²) in [7, 11) is 3.39. The van der Waals surface area contributed by atoms with Crippen LogP contribution in [-0.4, -0.2) is 39.1 Å². The highest BCUT2D eigenvalue weighted by Gasteiger charge is 2.04. The van der Waals surface area contributed by atoms with Gasteiger partial charge in [0.25, 0.3) is 5.91 Å². The Balaban J connectivity index is 1.74. The Hall–Kier alpha value is -2.05. The molecule has 0 aliphatic heterocycles. The number of carbonyl (C=O) groups is 1. The molecule has 7 heteroatoms. The molecule has 5 nitrogen and oxygen atoms in total. The lowest BCUT2D eigenvalue weighted by Crippen LogP contribution is -2.39. The van der Waals surface area contributed by atoms with Crippen molar-refractivity contribution in [3.8, 4) is 0 Å². The van der Waals surface area contributed by atoms with Crippen LogP contribution < -0.4 is 16.0 Å². The molecule has 1 aromatic heterocycles. The van der Waals surface area contributed by atoms with Crippen LogP contribution in [0.2, 0.25) is 4.34 Å². The lowest BCUT2D eigenvalue weighted by Gasteiger charge is -2.12. The van der Waals surface area contributed by atoms with Crippen LogP contribution in [-0.2, 0) is 12.8 Å². The minimum atomic E-state index is -0.0685. The zero-order valence-corrected chi connectivity index (χ0v) is 16.0. The molecular formula is C18H23ClN4OS. The number of guanidine groups is 1. The van der Waals surface area contributed by atoms with Gasteiger partial charge in [0, 0.05) is 37.6 Å². The summed E-state index contributed by atoms with van der Waals surface area (Å²) in [6.45, 7) is 1.53. The van der Waals surface area contributed by atoms with Crippen molar-refractivity contribution in [1.29, 1.82) is 0 Å². The zero-order chi connectivity index (χ0) is 18.1. The van der Waals surface area contributed by atoms with Gasteiger partial charge in [0.05, 0.1) is 4.34 Å². The van der Waals surface area contributed by atoms with E-state index in [0.29, 0.717) is 5.56 Å². The third-order valence-corrected chi connectivity index (χ3v) is 4.93. The highest BCUT2D eigenvalue weighted by molar-refractivity contribution is 7.16. The number of amides is 1. The second kappa shape index (κ2) is 10.1. The third kappa shape index (κ3) is 6.40. The highest BCUT2D eigenvalue weighted by Crippen LogP contribution is 2.21. The molecule has 0 spiro atoms. The first-order chi connectivity index (χ1) is 12.1. The van der Waals surface area contributed by atoms with Crippen LogP contribution in [0.4, 0.5) is 0 Å². The van der Waals surface area contributed by atoms with E-state index >= 15 is 0 Å². The summed E-state index contributed by atoms with van der Waals surface area (Å²) >= 11 is 7.53. The van der Waals surface area contributed by atoms with E-state index in [1.165, 1.54) is 4.88 Å². The van der Waals surface area contributed by atoms with E-state index < -0.39 is 0 Å². The van der Waals surface area contributed by atoms with E-state index in [1.807, 2.05) is 36.4 Å². The van der Waals surface area contributed by atoms with Crippen molar-refractivity contribution >= 4 is 34.8 Å². The predicted molar refractivity (Wildman–Crippen MR) is 106 cm³/mol. The molecule has 1 amide bonds. The summed E-state index contributed by atoms with van der Waals surface area (Å²) in [5, 5.41) is 9.22. The Morgan fingerprint density at radius 3 is 2.56 bits per heavy atom. The summed E-state index contributed by atoms with van der Waals surface area (Å²) in [6, 6.07) is 11.6. The zero-order valence-electron chi connectivity index (χ0n) is 14.4. The van der Waals surface area contributed by atoms with E-state index in [2.05, 4.69) is 20.9 Å². The Labute approximate surface area is 157 Å². The lowest BCUT2D eigenvalue weighted by atomic mass is 10.1. The van der Waals surface area contributed by atoms with E-state index in [-0.39, 0.29) is 5.91 Å². The molecule has 0 aliphatic carbocycles. The normalized spacial score (nSPS) is 11.2. The summed E-state index contributed by atoms with van der Waals surface area (Å²) < 4.78 is 0.816. The molecule has 0 unspecified atom stereocenters. The number of nitrogens with zero attached hydrogens (tertiary/aromatic N) is 1. The van der Waals surface area contributed by atoms with E-state index in [1.54, 1.807) is 25.4 Å². The minimum Gasteiger partial charge on any atom is -0.356 e. The monoisotopic (exact) mass is 378 g/mol. The number of hydrogen-bond acceptors (Lipinski definition) is 3. The molecular weight excluding hydrogens is 356 g/mol. The van der Waals surface area contributed by atoms with Crippen molar-refractivity contribution in [1.82, 2.24) is 16.0 Å². The fraction of sp³-hybridized carbons (Fsp3) is 0.333. The molecule has 134 valence electrons. The van der Waals surface area contributed by atoms with Gasteiger partial charge in [-0.15, -0.1) is 11.3 Å². The molecule has 3 N–H and O–H groups in total. The Bertz CT molecular complexity index is 729. The van der Waals surface area contributed by atoms with Crippen molar-refractivity contribution in [2.24, 2.45) is 4.99 Å². The van der Waals surface area contributed by atoms with Crippen LogP contribution in [0.15, 0.2) is 41.4 Å². The van der Waals surface area contributed by atoms with Crippen LogP contribution in [0.3, 0.4) is 0 Å². The molecule has 0 fully saturated rings. The first kappa shape index (κ1) is 19.3. The van der Waals surface area contributed by atoms with Crippen LogP contribution in [0, 0.1) is 0 Å². The molecule has 1 aromatic carbocycles. The summed E-state index contributed by atoms with van der Waals surface area (Å²) in [5.41, 5.74) is 1.79. The lowest BCUT2D eigenvalue weighted by molar-refractivity contribution is 0.0963. The van der Waals surface area contributed by atoms with Crippen LogP contribution in [0.1, 0.15) is 20.8 Å². The van der Waals surface area contributed by atoms with Gasteiger partial charge in [-0.2, -0.15) is 0 Å². The van der Waals surface area contributed by atoms with Gasteiger partial charge in [-0.05, 0) is 42.7 Å². The standard InChI is InChI=1S/C18H23ClN4OS/c1-20-17(24)14-5-3-4-13(12-14)8-10-22-18(21-2)23-11-9-15-6-7-16(19)25-15/h3-7,12H,8-11H2,1-2H3,(H,20,24)(H2,21,22,23). The van der Waals surface area contributed by atoms with Gasteiger partial charge in [-0.3, -0.25) is 9.79 Å². The number of carbonyl (C=O) groups excluding carboxylic acids is 1. The van der Waals surface area contributed by atoms with Gasteiger partial charge in [-0.25, -0.2) is 0 Å². The van der Waals surface area contributed by atoms with Crippen LogP contribution in [0.25, 0.3) is 0 Å². The second-order valence-electron chi connectivity index (χ2n) is 5.41. The van der Waals surface area contributed by atoms with Crippen LogP contribution in [0.5, 0.6) is 0 Å². The van der Waals surface area contributed by atoms with Crippen LogP contribution >= 0.6 is 22.9 Å². The van der Waals surface area contributed by atoms with E-state index in [0.717, 1.165) is 41.8 Å². The number of nitrogens with one attached hydrogen (secondary N) is 3. The molecule has 0 atom stereocenters. The fourth-order valence-electron chi connectivity index (χ4n) is 2.35. The average molecular weight is 379 g/mol. The number of halogens is 1. The molecule has 1 heterocycles. The predicted octanol–water partition coefficient (Wildman–Crippen LogP) is 2.71. The maximum Gasteiger partial charge on any atom is 0.251 e. The highest BCUT2D eigenvalue weighted by atomic mass is 35.5. The first-order valence-corrected chi connectivity index (χ1v) is 9.31. The largest absolute Gasteiger partial charge is 0.356 e. The molecule has 2 rings (SSSR count). The number of thiophene rings is 1. The van der Waals surface area contributed by atoms with Crippen molar-refractivity contribution in [2.75, 3.05) is 27.2 Å². The van der Waals surface area contributed by atoms with Crippen molar-refractivity contribution in [2.45, 2.75) is 12.8 Å². The summed E-state index contributed by atoms with van der Waals surface area (Å²) in [4.78, 5) is 17.1. The molecule has 0 bridgehead atoms. The summed E-state index contributed by atoms with van der Waals surface area (Å²) in [6.07, 6.45) is 1.72. The third-order valence-electron chi connectivity index (χ3n) is 3.64. The van der Waals surface area contributed by atoms with Gasteiger partial charge in [0.1, 0.15) is 0 Å². The average Bonchev–Trinajstić information content (AvgIpc) is 3.05. The van der Waals surface area contributed by atoms with Gasteiger partial charge in [0.15, 0.2) is 5.96 Å². The fourth-order valence-corrected chi connectivity index (χ4v) is 3.44. The quantitative estimate of drug-likeness (QED) is 0.512. The first-order valence-electron chi connectivity index (χ1n) is 8.12. The van der Waals surface area contributed by atoms with Crippen molar-refractivity contribution in [3.63, 3.8) is 0 Å². The molecule has 0 saturated carbocycles. The van der Waals surface area contributed by atoms with Crippen molar-refractivity contribution in [3.05, 3.63) is 56.7 Å². The smallest absolute Gasteiger partial charge is 0.251 e. The maximum atomic E-state index is 11.7.